The van der Waals surface area contributed by atoms with Gasteiger partial charge in [-0.15, -0.1) is 0 Å². The van der Waals surface area contributed by atoms with E-state index in [0.717, 1.165) is 17.0 Å². The van der Waals surface area contributed by atoms with Crippen molar-refractivity contribution in [2.75, 3.05) is 18.5 Å². The number of anilines is 1. The van der Waals surface area contributed by atoms with E-state index < -0.39 is 29.4 Å². The topological polar surface area (TPSA) is 57.7 Å². The molecule has 1 heterocycles. The van der Waals surface area contributed by atoms with Crippen molar-refractivity contribution in [3.63, 3.8) is 0 Å². The van der Waals surface area contributed by atoms with Gasteiger partial charge in [-0.2, -0.15) is 0 Å². The van der Waals surface area contributed by atoms with E-state index in [-0.39, 0.29) is 28.9 Å². The van der Waals surface area contributed by atoms with Gasteiger partial charge < -0.3 is 4.90 Å². The van der Waals surface area contributed by atoms with Crippen molar-refractivity contribution < 1.29 is 23.2 Å². The van der Waals surface area contributed by atoms with Gasteiger partial charge in [0.1, 0.15) is 0 Å². The van der Waals surface area contributed by atoms with Gasteiger partial charge in [0.15, 0.2) is 11.6 Å². The molecule has 0 aliphatic carbocycles. The summed E-state index contributed by atoms with van der Waals surface area (Å²) >= 11 is 0. The predicted octanol–water partition coefficient (Wildman–Crippen LogP) is 2.86. The molecule has 0 aromatic heterocycles. The van der Waals surface area contributed by atoms with Crippen LogP contribution >= 0.6 is 0 Å². The van der Waals surface area contributed by atoms with Crippen LogP contribution in [0.5, 0.6) is 0 Å². The Hall–Kier alpha value is -3.09. The van der Waals surface area contributed by atoms with Gasteiger partial charge in [0.05, 0.1) is 11.1 Å². The number of hydrogen-bond acceptors (Lipinski definition) is 3. The van der Waals surface area contributed by atoms with Crippen molar-refractivity contribution in [3.8, 4) is 0 Å². The molecule has 0 atom stereocenters. The molecule has 7 heteroatoms. The van der Waals surface area contributed by atoms with E-state index in [1.165, 1.54) is 36.2 Å². The van der Waals surface area contributed by atoms with E-state index in [9.17, 15) is 23.2 Å². The van der Waals surface area contributed by atoms with Crippen molar-refractivity contribution in [1.82, 2.24) is 4.90 Å². The number of benzene rings is 2. The second-order valence-electron chi connectivity index (χ2n) is 5.58. The summed E-state index contributed by atoms with van der Waals surface area (Å²) in [6.45, 7) is 1.91. The van der Waals surface area contributed by atoms with E-state index in [4.69, 9.17) is 0 Å². The van der Waals surface area contributed by atoms with Crippen LogP contribution in [0.15, 0.2) is 36.4 Å². The Balaban J connectivity index is 1.99. The van der Waals surface area contributed by atoms with Crippen molar-refractivity contribution in [2.45, 2.75) is 6.92 Å². The molecule has 2 aromatic carbocycles. The first-order chi connectivity index (χ1) is 11.8. The van der Waals surface area contributed by atoms with Crippen LogP contribution < -0.4 is 4.90 Å². The van der Waals surface area contributed by atoms with Crippen LogP contribution in [0.1, 0.15) is 38.0 Å². The van der Waals surface area contributed by atoms with Gasteiger partial charge in [-0.25, -0.2) is 8.78 Å². The molecule has 3 amide bonds. The number of fused-ring (bicyclic) bond motifs is 1. The molecular weight excluding hydrogens is 330 g/mol. The predicted molar refractivity (Wildman–Crippen MR) is 86.6 cm³/mol. The zero-order valence-corrected chi connectivity index (χ0v) is 13.5. The molecule has 0 unspecified atom stereocenters. The first kappa shape index (κ1) is 16.8. The highest BCUT2D eigenvalue weighted by Gasteiger charge is 2.33. The van der Waals surface area contributed by atoms with E-state index >= 15 is 0 Å². The summed E-state index contributed by atoms with van der Waals surface area (Å²) in [7, 11) is 1.37. The molecule has 3 rings (SSSR count). The monoisotopic (exact) mass is 344 g/mol. The van der Waals surface area contributed by atoms with Crippen molar-refractivity contribution in [2.24, 2.45) is 0 Å². The van der Waals surface area contributed by atoms with Crippen molar-refractivity contribution in [1.29, 1.82) is 0 Å². The number of halogens is 2. The largest absolute Gasteiger partial charge is 0.309 e. The van der Waals surface area contributed by atoms with Crippen LogP contribution in [0.3, 0.4) is 0 Å². The molecule has 128 valence electrons. The molecule has 1 aliphatic heterocycles. The Labute approximate surface area is 142 Å². The summed E-state index contributed by atoms with van der Waals surface area (Å²) < 4.78 is 26.6. The Kier molecular flexibility index (Phi) is 4.08. The van der Waals surface area contributed by atoms with Crippen LogP contribution in [-0.2, 0) is 0 Å². The maximum Gasteiger partial charge on any atom is 0.261 e. The summed E-state index contributed by atoms with van der Waals surface area (Å²) in [5.74, 6) is -3.44. The molecule has 0 fully saturated rings. The first-order valence-electron chi connectivity index (χ1n) is 7.58. The van der Waals surface area contributed by atoms with E-state index in [2.05, 4.69) is 0 Å². The second-order valence-corrected chi connectivity index (χ2v) is 5.58. The average Bonchev–Trinajstić information content (AvgIpc) is 2.82. The maximum atomic E-state index is 13.5. The minimum absolute atomic E-state index is 0.152. The molecule has 0 spiro atoms. The standard InChI is InChI=1S/C18H14F2N2O3/c1-3-22(11-5-7-14(19)15(20)9-11)16(23)10-4-6-12-13(8-10)18(25)21(2)17(12)24/h4-9H,3H2,1-2H3. The lowest BCUT2D eigenvalue weighted by Gasteiger charge is -2.21. The number of hydrogen-bond donors (Lipinski definition) is 0. The summed E-state index contributed by atoms with van der Waals surface area (Å²) in [6, 6.07) is 7.39. The maximum absolute atomic E-state index is 13.5. The third kappa shape index (κ3) is 2.67. The lowest BCUT2D eigenvalue weighted by molar-refractivity contribution is 0.0693. The number of rotatable bonds is 3. The van der Waals surface area contributed by atoms with Gasteiger partial charge in [0.25, 0.3) is 17.7 Å². The third-order valence-corrected chi connectivity index (χ3v) is 4.11. The van der Waals surface area contributed by atoms with Crippen LogP contribution in [0, 0.1) is 11.6 Å². The zero-order valence-electron chi connectivity index (χ0n) is 13.5. The smallest absolute Gasteiger partial charge is 0.261 e. The second kappa shape index (κ2) is 6.08. The number of nitrogens with zero attached hydrogens (tertiary/aromatic N) is 2. The van der Waals surface area contributed by atoms with Gasteiger partial charge in [0.2, 0.25) is 0 Å². The summed E-state index contributed by atoms with van der Waals surface area (Å²) in [5.41, 5.74) is 0.771. The molecule has 25 heavy (non-hydrogen) atoms. The number of carbonyl (C=O) groups excluding carboxylic acids is 3. The molecule has 0 saturated carbocycles. The molecule has 5 nitrogen and oxygen atoms in total. The van der Waals surface area contributed by atoms with Gasteiger partial charge in [0, 0.05) is 30.9 Å². The van der Waals surface area contributed by atoms with E-state index in [1.54, 1.807) is 6.92 Å². The lowest BCUT2D eigenvalue weighted by Crippen LogP contribution is -2.31. The Morgan fingerprint density at radius 2 is 1.68 bits per heavy atom. The zero-order chi connectivity index (χ0) is 18.3. The van der Waals surface area contributed by atoms with Gasteiger partial charge in [-0.3, -0.25) is 19.3 Å². The van der Waals surface area contributed by atoms with Gasteiger partial charge in [-0.05, 0) is 37.3 Å². The summed E-state index contributed by atoms with van der Waals surface area (Å²) in [6.07, 6.45) is 0. The fourth-order valence-corrected chi connectivity index (χ4v) is 2.75. The Morgan fingerprint density at radius 3 is 2.32 bits per heavy atom. The highest BCUT2D eigenvalue weighted by atomic mass is 19.2. The fourth-order valence-electron chi connectivity index (χ4n) is 2.75. The highest BCUT2D eigenvalue weighted by Crippen LogP contribution is 2.25. The van der Waals surface area contributed by atoms with Crippen molar-refractivity contribution >= 4 is 23.4 Å². The molecular formula is C18H14F2N2O3. The van der Waals surface area contributed by atoms with E-state index in [0.29, 0.717) is 0 Å². The average molecular weight is 344 g/mol. The van der Waals surface area contributed by atoms with E-state index in [1.807, 2.05) is 0 Å². The fraction of sp³-hybridized carbons (Fsp3) is 0.167. The highest BCUT2D eigenvalue weighted by molar-refractivity contribution is 6.22. The Morgan fingerprint density at radius 1 is 1.00 bits per heavy atom. The number of imide groups is 1. The number of amides is 3. The normalized spacial score (nSPS) is 13.2. The Bertz CT molecular complexity index is 911. The third-order valence-electron chi connectivity index (χ3n) is 4.11. The SMILES string of the molecule is CCN(C(=O)c1ccc2c(c1)C(=O)N(C)C2=O)c1ccc(F)c(F)c1. The van der Waals surface area contributed by atoms with Crippen LogP contribution in [0.2, 0.25) is 0 Å². The molecule has 2 aromatic rings. The van der Waals surface area contributed by atoms with Crippen LogP contribution in [-0.4, -0.2) is 36.2 Å². The quantitative estimate of drug-likeness (QED) is 0.805. The molecule has 1 aliphatic rings. The van der Waals surface area contributed by atoms with Gasteiger partial charge in [-0.1, -0.05) is 0 Å². The molecule has 0 saturated heterocycles. The minimum Gasteiger partial charge on any atom is -0.309 e. The lowest BCUT2D eigenvalue weighted by atomic mass is 10.0. The number of carbonyl (C=O) groups is 3. The van der Waals surface area contributed by atoms with Crippen LogP contribution in [0.4, 0.5) is 14.5 Å². The summed E-state index contributed by atoms with van der Waals surface area (Å²) in [5, 5.41) is 0. The van der Waals surface area contributed by atoms with Crippen LogP contribution in [0.25, 0.3) is 0 Å². The minimum atomic E-state index is -1.06. The first-order valence-corrected chi connectivity index (χ1v) is 7.58. The molecule has 0 bridgehead atoms. The van der Waals surface area contributed by atoms with Gasteiger partial charge >= 0.3 is 0 Å². The summed E-state index contributed by atoms with van der Waals surface area (Å²) in [4.78, 5) is 38.9. The molecule has 0 radical (unpaired) electrons. The molecule has 0 N–H and O–H groups in total. The van der Waals surface area contributed by atoms with Crippen molar-refractivity contribution in [3.05, 3.63) is 64.7 Å².